The maximum Gasteiger partial charge on any atom is 0.416 e. The van der Waals surface area contributed by atoms with Gasteiger partial charge in [-0.3, -0.25) is 0 Å². The Hall–Kier alpha value is -3.56. The van der Waals surface area contributed by atoms with Gasteiger partial charge < -0.3 is 10.1 Å². The molecule has 0 fully saturated rings. The first-order valence-corrected chi connectivity index (χ1v) is 9.08. The number of halogens is 5. The highest BCUT2D eigenvalue weighted by Gasteiger charge is 2.30. The van der Waals surface area contributed by atoms with E-state index in [9.17, 15) is 26.7 Å². The summed E-state index contributed by atoms with van der Waals surface area (Å²) in [5.74, 6) is -2.45. The molecular formula is C21H16F5N3O2. The molecule has 0 spiro atoms. The van der Waals surface area contributed by atoms with Crippen molar-refractivity contribution in [3.05, 3.63) is 77.0 Å². The van der Waals surface area contributed by atoms with Crippen LogP contribution in [0.1, 0.15) is 28.4 Å². The minimum absolute atomic E-state index is 0.0504. The Morgan fingerprint density at radius 2 is 1.81 bits per heavy atom. The molecule has 10 heteroatoms. The minimum Gasteiger partial charge on any atom is -0.462 e. The number of nitrogens with one attached hydrogen (secondary N) is 1. The van der Waals surface area contributed by atoms with Gasteiger partial charge in [-0.05, 0) is 36.8 Å². The van der Waals surface area contributed by atoms with Crippen molar-refractivity contribution in [2.75, 3.05) is 11.9 Å². The molecule has 162 valence electrons. The smallest absolute Gasteiger partial charge is 0.416 e. The molecule has 3 aromatic rings. The van der Waals surface area contributed by atoms with E-state index in [1.54, 1.807) is 6.92 Å². The molecule has 2 aromatic carbocycles. The predicted molar refractivity (Wildman–Crippen MR) is 102 cm³/mol. The number of carbonyl (C=O) groups excluding carboxylic acids is 1. The van der Waals surface area contributed by atoms with Gasteiger partial charge in [-0.25, -0.2) is 23.5 Å². The maximum absolute atomic E-state index is 13.4. The molecule has 1 N–H and O–H groups in total. The molecule has 0 amide bonds. The third-order valence-electron chi connectivity index (χ3n) is 4.11. The summed E-state index contributed by atoms with van der Waals surface area (Å²) in [7, 11) is 0. The van der Waals surface area contributed by atoms with Crippen molar-refractivity contribution < 1.29 is 31.5 Å². The van der Waals surface area contributed by atoms with Crippen LogP contribution in [0.5, 0.6) is 0 Å². The first-order chi connectivity index (χ1) is 14.7. The van der Waals surface area contributed by atoms with E-state index in [1.807, 2.05) is 0 Å². The molecule has 0 saturated carbocycles. The summed E-state index contributed by atoms with van der Waals surface area (Å²) in [4.78, 5) is 20.3. The molecule has 0 atom stereocenters. The first-order valence-electron chi connectivity index (χ1n) is 9.08. The van der Waals surface area contributed by atoms with Crippen molar-refractivity contribution in [3.63, 3.8) is 0 Å². The molecule has 0 bridgehead atoms. The number of carbonyl (C=O) groups is 1. The molecule has 0 radical (unpaired) electrons. The molecule has 0 saturated heterocycles. The van der Waals surface area contributed by atoms with Crippen LogP contribution in [-0.2, 0) is 17.5 Å². The fourth-order valence-corrected chi connectivity index (χ4v) is 2.75. The van der Waals surface area contributed by atoms with Gasteiger partial charge in [0.25, 0.3) is 0 Å². The summed E-state index contributed by atoms with van der Waals surface area (Å²) in [6.07, 6.45) is -3.43. The highest BCUT2D eigenvalue weighted by molar-refractivity contribution is 5.94. The molecule has 5 nitrogen and oxygen atoms in total. The van der Waals surface area contributed by atoms with Crippen molar-refractivity contribution >= 4 is 11.8 Å². The van der Waals surface area contributed by atoms with Crippen LogP contribution >= 0.6 is 0 Å². The number of aromatic nitrogens is 2. The lowest BCUT2D eigenvalue weighted by atomic mass is 10.1. The van der Waals surface area contributed by atoms with Crippen LogP contribution in [0.25, 0.3) is 11.4 Å². The van der Waals surface area contributed by atoms with Crippen LogP contribution in [0.15, 0.2) is 48.7 Å². The molecule has 1 aromatic heterocycles. The van der Waals surface area contributed by atoms with E-state index in [0.29, 0.717) is 6.07 Å². The SMILES string of the molecule is CCOC(=O)c1cnc(-c2cccc(C(F)(F)F)c2)nc1NCc1cc(F)cc(F)c1. The van der Waals surface area contributed by atoms with Crippen LogP contribution < -0.4 is 5.32 Å². The van der Waals surface area contributed by atoms with E-state index in [-0.39, 0.29) is 41.5 Å². The number of rotatable bonds is 6. The maximum atomic E-state index is 13.4. The zero-order valence-corrected chi connectivity index (χ0v) is 16.1. The number of hydrogen-bond donors (Lipinski definition) is 1. The normalized spacial score (nSPS) is 11.3. The van der Waals surface area contributed by atoms with Crippen LogP contribution in [0.4, 0.5) is 27.8 Å². The number of anilines is 1. The number of benzene rings is 2. The summed E-state index contributed by atoms with van der Waals surface area (Å²) < 4.78 is 70.8. The molecule has 31 heavy (non-hydrogen) atoms. The van der Waals surface area contributed by atoms with E-state index in [4.69, 9.17) is 4.74 Å². The van der Waals surface area contributed by atoms with Gasteiger partial charge in [0.1, 0.15) is 23.0 Å². The Bertz CT molecular complexity index is 1080. The van der Waals surface area contributed by atoms with Gasteiger partial charge >= 0.3 is 12.1 Å². The molecule has 0 aliphatic rings. The summed E-state index contributed by atoms with van der Waals surface area (Å²) in [6.45, 7) is 1.56. The lowest BCUT2D eigenvalue weighted by Crippen LogP contribution is -2.13. The topological polar surface area (TPSA) is 64.1 Å². The highest BCUT2D eigenvalue weighted by Crippen LogP contribution is 2.31. The third kappa shape index (κ3) is 5.53. The van der Waals surface area contributed by atoms with Crippen molar-refractivity contribution in [1.82, 2.24) is 9.97 Å². The number of alkyl halides is 3. The molecule has 1 heterocycles. The lowest BCUT2D eigenvalue weighted by molar-refractivity contribution is -0.137. The highest BCUT2D eigenvalue weighted by atomic mass is 19.4. The molecular weight excluding hydrogens is 421 g/mol. The molecule has 0 aliphatic heterocycles. The largest absolute Gasteiger partial charge is 0.462 e. The fraction of sp³-hybridized carbons (Fsp3) is 0.190. The second kappa shape index (κ2) is 9.07. The van der Waals surface area contributed by atoms with Gasteiger partial charge in [0.15, 0.2) is 5.82 Å². The Kier molecular flexibility index (Phi) is 6.47. The average Bonchev–Trinajstić information content (AvgIpc) is 2.71. The Labute approximate surface area is 173 Å². The number of ether oxygens (including phenoxy) is 1. The quantitative estimate of drug-likeness (QED) is 0.423. The van der Waals surface area contributed by atoms with Crippen LogP contribution in [-0.4, -0.2) is 22.5 Å². The number of esters is 1. The Morgan fingerprint density at radius 3 is 2.45 bits per heavy atom. The average molecular weight is 437 g/mol. The Balaban J connectivity index is 1.97. The fourth-order valence-electron chi connectivity index (χ4n) is 2.75. The van der Waals surface area contributed by atoms with Gasteiger partial charge in [-0.2, -0.15) is 13.2 Å². The molecule has 3 rings (SSSR count). The van der Waals surface area contributed by atoms with E-state index in [1.165, 1.54) is 12.1 Å². The Morgan fingerprint density at radius 1 is 1.10 bits per heavy atom. The minimum atomic E-state index is -4.55. The van der Waals surface area contributed by atoms with Crippen molar-refractivity contribution in [3.8, 4) is 11.4 Å². The zero-order chi connectivity index (χ0) is 22.6. The zero-order valence-electron chi connectivity index (χ0n) is 16.1. The van der Waals surface area contributed by atoms with E-state index >= 15 is 0 Å². The number of hydrogen-bond acceptors (Lipinski definition) is 5. The number of nitrogens with zero attached hydrogens (tertiary/aromatic N) is 2. The van der Waals surface area contributed by atoms with Crippen molar-refractivity contribution in [2.24, 2.45) is 0 Å². The van der Waals surface area contributed by atoms with Crippen LogP contribution in [0, 0.1) is 11.6 Å². The second-order valence-corrected chi connectivity index (χ2v) is 6.39. The van der Waals surface area contributed by atoms with Gasteiger partial charge in [-0.1, -0.05) is 12.1 Å². The monoisotopic (exact) mass is 437 g/mol. The van der Waals surface area contributed by atoms with Crippen LogP contribution in [0.3, 0.4) is 0 Å². The molecule has 0 unspecified atom stereocenters. The van der Waals surface area contributed by atoms with Crippen molar-refractivity contribution in [1.29, 1.82) is 0 Å². The third-order valence-corrected chi connectivity index (χ3v) is 4.11. The van der Waals surface area contributed by atoms with Gasteiger partial charge in [-0.15, -0.1) is 0 Å². The first kappa shape index (κ1) is 22.1. The van der Waals surface area contributed by atoms with Crippen LogP contribution in [0.2, 0.25) is 0 Å². The van der Waals surface area contributed by atoms with E-state index in [2.05, 4.69) is 15.3 Å². The molecule has 0 aliphatic carbocycles. The van der Waals surface area contributed by atoms with E-state index in [0.717, 1.165) is 30.5 Å². The lowest BCUT2D eigenvalue weighted by Gasteiger charge is -2.13. The summed E-state index contributed by atoms with van der Waals surface area (Å²) >= 11 is 0. The van der Waals surface area contributed by atoms with Crippen molar-refractivity contribution in [2.45, 2.75) is 19.6 Å². The van der Waals surface area contributed by atoms with Gasteiger partial charge in [0.2, 0.25) is 0 Å². The summed E-state index contributed by atoms with van der Waals surface area (Å²) in [6, 6.07) is 7.29. The van der Waals surface area contributed by atoms with Gasteiger partial charge in [0, 0.05) is 24.4 Å². The standard InChI is InChI=1S/C21H16F5N3O2/c1-2-31-20(30)17-11-28-18(13-4-3-5-14(8-13)21(24,25)26)29-19(17)27-10-12-6-15(22)9-16(23)7-12/h3-9,11H,2,10H2,1H3,(H,27,28,29). The second-order valence-electron chi connectivity index (χ2n) is 6.39. The summed E-state index contributed by atoms with van der Waals surface area (Å²) in [5, 5.41) is 2.77. The van der Waals surface area contributed by atoms with E-state index < -0.39 is 29.3 Å². The summed E-state index contributed by atoms with van der Waals surface area (Å²) in [5.41, 5.74) is -0.654. The predicted octanol–water partition coefficient (Wildman–Crippen LogP) is 5.23. The van der Waals surface area contributed by atoms with Gasteiger partial charge in [0.05, 0.1) is 12.2 Å².